The molecule has 0 atom stereocenters. The zero-order chi connectivity index (χ0) is 21.9. The Morgan fingerprint density at radius 2 is 1.66 bits per heavy atom. The summed E-state index contributed by atoms with van der Waals surface area (Å²) in [4.78, 5) is 28.2. The topological polar surface area (TPSA) is 94.2 Å². The van der Waals surface area contributed by atoms with Crippen molar-refractivity contribution in [3.05, 3.63) is 83.6 Å². The summed E-state index contributed by atoms with van der Waals surface area (Å²) in [7, 11) is 0. The van der Waals surface area contributed by atoms with Gasteiger partial charge >= 0.3 is 0 Å². The standard InChI is InChI=1S/C25H23N5O2/c26-25-28-21-11-10-20(27-23(21)22(29-25)16-17-4-2-1-3-5-17)18-6-8-19(9-7-18)24(31)30-12-14-32-15-13-30/h1-11H,12-16H2,(H2,26,28,29). The Morgan fingerprint density at radius 3 is 2.41 bits per heavy atom. The number of fused-ring (bicyclic) bond motifs is 1. The summed E-state index contributed by atoms with van der Waals surface area (Å²) >= 11 is 0. The first kappa shape index (κ1) is 20.1. The van der Waals surface area contributed by atoms with E-state index < -0.39 is 0 Å². The maximum absolute atomic E-state index is 12.7. The van der Waals surface area contributed by atoms with E-state index in [1.165, 1.54) is 0 Å². The van der Waals surface area contributed by atoms with E-state index in [1.807, 2.05) is 59.5 Å². The van der Waals surface area contributed by atoms with E-state index in [0.29, 0.717) is 43.8 Å². The molecule has 1 fully saturated rings. The van der Waals surface area contributed by atoms with Gasteiger partial charge in [0.25, 0.3) is 5.91 Å². The molecule has 4 aromatic rings. The van der Waals surface area contributed by atoms with Crippen molar-refractivity contribution in [2.45, 2.75) is 6.42 Å². The van der Waals surface area contributed by atoms with E-state index in [0.717, 1.165) is 28.0 Å². The Labute approximate surface area is 185 Å². The van der Waals surface area contributed by atoms with Crippen molar-refractivity contribution in [2.75, 3.05) is 32.0 Å². The van der Waals surface area contributed by atoms with Gasteiger partial charge in [-0.15, -0.1) is 0 Å². The minimum Gasteiger partial charge on any atom is -0.378 e. The van der Waals surface area contributed by atoms with Gasteiger partial charge in [0.1, 0.15) is 5.52 Å². The maximum atomic E-state index is 12.7. The zero-order valence-corrected chi connectivity index (χ0v) is 17.6. The highest BCUT2D eigenvalue weighted by Gasteiger charge is 2.18. The molecule has 1 saturated heterocycles. The van der Waals surface area contributed by atoms with Gasteiger partial charge in [-0.05, 0) is 29.8 Å². The lowest BCUT2D eigenvalue weighted by atomic mass is 10.1. The Morgan fingerprint density at radius 1 is 0.906 bits per heavy atom. The Kier molecular flexibility index (Phi) is 5.47. The van der Waals surface area contributed by atoms with Crippen LogP contribution >= 0.6 is 0 Å². The first-order chi connectivity index (χ1) is 15.7. The molecule has 0 radical (unpaired) electrons. The van der Waals surface area contributed by atoms with Crippen LogP contribution < -0.4 is 5.73 Å². The highest BCUT2D eigenvalue weighted by atomic mass is 16.5. The number of hydrogen-bond acceptors (Lipinski definition) is 6. The summed E-state index contributed by atoms with van der Waals surface area (Å²) in [5.41, 5.74) is 11.7. The average Bonchev–Trinajstić information content (AvgIpc) is 2.85. The Balaban J connectivity index is 1.46. The number of nitrogens with two attached hydrogens (primary N) is 1. The first-order valence-electron chi connectivity index (χ1n) is 10.6. The smallest absolute Gasteiger partial charge is 0.254 e. The van der Waals surface area contributed by atoms with Crippen molar-refractivity contribution in [1.29, 1.82) is 0 Å². The van der Waals surface area contributed by atoms with Gasteiger partial charge in [0, 0.05) is 30.6 Å². The van der Waals surface area contributed by atoms with Crippen LogP contribution in [0, 0.1) is 0 Å². The lowest BCUT2D eigenvalue weighted by Crippen LogP contribution is -2.40. The van der Waals surface area contributed by atoms with Gasteiger partial charge in [-0.3, -0.25) is 4.79 Å². The number of aromatic nitrogens is 3. The van der Waals surface area contributed by atoms with Gasteiger partial charge in [-0.1, -0.05) is 42.5 Å². The third kappa shape index (κ3) is 4.15. The van der Waals surface area contributed by atoms with E-state index in [4.69, 9.17) is 15.5 Å². The van der Waals surface area contributed by atoms with E-state index in [-0.39, 0.29) is 11.9 Å². The molecule has 2 N–H and O–H groups in total. The van der Waals surface area contributed by atoms with Crippen LogP contribution in [0.4, 0.5) is 5.95 Å². The normalized spacial score (nSPS) is 13.9. The molecule has 0 bridgehead atoms. The maximum Gasteiger partial charge on any atom is 0.254 e. The van der Waals surface area contributed by atoms with Crippen LogP contribution in [0.15, 0.2) is 66.7 Å². The fourth-order valence-corrected chi connectivity index (χ4v) is 3.90. The predicted molar refractivity (Wildman–Crippen MR) is 123 cm³/mol. The molecule has 0 unspecified atom stereocenters. The van der Waals surface area contributed by atoms with E-state index >= 15 is 0 Å². The lowest BCUT2D eigenvalue weighted by Gasteiger charge is -2.26. The molecule has 1 aliphatic heterocycles. The molecule has 0 spiro atoms. The number of rotatable bonds is 4. The molecule has 7 heteroatoms. The molecule has 32 heavy (non-hydrogen) atoms. The summed E-state index contributed by atoms with van der Waals surface area (Å²) in [6, 6.07) is 21.5. The highest BCUT2D eigenvalue weighted by molar-refractivity contribution is 5.94. The van der Waals surface area contributed by atoms with Gasteiger partial charge in [0.2, 0.25) is 5.95 Å². The molecular formula is C25H23N5O2. The number of nitrogens with zero attached hydrogens (tertiary/aromatic N) is 4. The Hall–Kier alpha value is -3.84. The van der Waals surface area contributed by atoms with E-state index in [9.17, 15) is 4.79 Å². The summed E-state index contributed by atoms with van der Waals surface area (Å²) in [6.07, 6.45) is 0.619. The minimum absolute atomic E-state index is 0.0281. The lowest BCUT2D eigenvalue weighted by molar-refractivity contribution is 0.0303. The second-order valence-corrected chi connectivity index (χ2v) is 7.74. The van der Waals surface area contributed by atoms with Crippen molar-refractivity contribution in [1.82, 2.24) is 19.9 Å². The second-order valence-electron chi connectivity index (χ2n) is 7.74. The quantitative estimate of drug-likeness (QED) is 0.539. The number of ether oxygens (including phenoxy) is 1. The Bertz CT molecular complexity index is 1250. The summed E-state index contributed by atoms with van der Waals surface area (Å²) < 4.78 is 5.33. The number of anilines is 1. The molecular weight excluding hydrogens is 402 g/mol. The zero-order valence-electron chi connectivity index (χ0n) is 17.6. The first-order valence-corrected chi connectivity index (χ1v) is 10.6. The fraction of sp³-hybridized carbons (Fsp3) is 0.200. The summed E-state index contributed by atoms with van der Waals surface area (Å²) in [6.45, 7) is 2.42. The van der Waals surface area contributed by atoms with Crippen molar-refractivity contribution in [2.24, 2.45) is 0 Å². The highest BCUT2D eigenvalue weighted by Crippen LogP contribution is 2.24. The summed E-state index contributed by atoms with van der Waals surface area (Å²) in [5, 5.41) is 0. The van der Waals surface area contributed by atoms with Gasteiger partial charge in [-0.25, -0.2) is 15.0 Å². The number of morpholine rings is 1. The van der Waals surface area contributed by atoms with Crippen LogP contribution in [-0.2, 0) is 11.2 Å². The number of nitrogen functional groups attached to an aromatic ring is 1. The third-order valence-corrected chi connectivity index (χ3v) is 5.57. The SMILES string of the molecule is Nc1nc(Cc2ccccc2)c2nc(-c3ccc(C(=O)N4CCOCC4)cc3)ccc2n1. The predicted octanol–water partition coefficient (Wildman–Crippen LogP) is 3.34. The monoisotopic (exact) mass is 425 g/mol. The number of amides is 1. The van der Waals surface area contributed by atoms with Crippen LogP contribution in [-0.4, -0.2) is 52.1 Å². The third-order valence-electron chi connectivity index (χ3n) is 5.57. The molecule has 160 valence electrons. The molecule has 2 aromatic heterocycles. The number of pyridine rings is 1. The molecule has 2 aromatic carbocycles. The van der Waals surface area contributed by atoms with Crippen molar-refractivity contribution < 1.29 is 9.53 Å². The van der Waals surface area contributed by atoms with Crippen LogP contribution in [0.2, 0.25) is 0 Å². The molecule has 0 saturated carbocycles. The molecule has 0 aliphatic carbocycles. The number of benzene rings is 2. The van der Waals surface area contributed by atoms with Crippen LogP contribution in [0.25, 0.3) is 22.3 Å². The van der Waals surface area contributed by atoms with Gasteiger partial charge in [0.15, 0.2) is 0 Å². The number of carbonyl (C=O) groups excluding carboxylic acids is 1. The number of hydrogen-bond donors (Lipinski definition) is 1. The molecule has 1 aliphatic rings. The molecule has 7 nitrogen and oxygen atoms in total. The van der Waals surface area contributed by atoms with Crippen molar-refractivity contribution >= 4 is 22.9 Å². The van der Waals surface area contributed by atoms with Gasteiger partial charge in [-0.2, -0.15) is 0 Å². The molecule has 3 heterocycles. The van der Waals surface area contributed by atoms with Crippen LogP contribution in [0.5, 0.6) is 0 Å². The second kappa shape index (κ2) is 8.72. The fourth-order valence-electron chi connectivity index (χ4n) is 3.90. The van der Waals surface area contributed by atoms with Crippen LogP contribution in [0.1, 0.15) is 21.6 Å². The average molecular weight is 425 g/mol. The minimum atomic E-state index is 0.0281. The molecule has 5 rings (SSSR count). The van der Waals surface area contributed by atoms with Crippen LogP contribution in [0.3, 0.4) is 0 Å². The largest absolute Gasteiger partial charge is 0.378 e. The van der Waals surface area contributed by atoms with E-state index in [1.54, 1.807) is 0 Å². The van der Waals surface area contributed by atoms with Crippen molar-refractivity contribution in [3.8, 4) is 11.3 Å². The van der Waals surface area contributed by atoms with Gasteiger partial charge in [0.05, 0.1) is 30.1 Å². The van der Waals surface area contributed by atoms with Gasteiger partial charge < -0.3 is 15.4 Å². The molecule has 1 amide bonds. The number of carbonyl (C=O) groups is 1. The summed E-state index contributed by atoms with van der Waals surface area (Å²) in [5.74, 6) is 0.268. The van der Waals surface area contributed by atoms with Crippen molar-refractivity contribution in [3.63, 3.8) is 0 Å². The van der Waals surface area contributed by atoms with E-state index in [2.05, 4.69) is 22.1 Å².